The van der Waals surface area contributed by atoms with Crippen LogP contribution in [-0.4, -0.2) is 25.8 Å². The Morgan fingerprint density at radius 3 is 3.06 bits per heavy atom. The molecule has 0 aromatic heterocycles. The number of benzene rings is 1. The number of hydrogen-bond acceptors (Lipinski definition) is 4. The van der Waals surface area contributed by atoms with Crippen LogP contribution in [0.3, 0.4) is 0 Å². The molecule has 0 saturated carbocycles. The Bertz CT molecular complexity index is 445. The van der Waals surface area contributed by atoms with Gasteiger partial charge in [-0.15, -0.1) is 6.42 Å². The maximum absolute atomic E-state index is 11.6. The lowest BCUT2D eigenvalue weighted by Crippen LogP contribution is -2.18. The van der Waals surface area contributed by atoms with E-state index >= 15 is 0 Å². The topological polar surface area (TPSA) is 44.8 Å². The summed E-state index contributed by atoms with van der Waals surface area (Å²) in [5, 5.41) is 0. The van der Waals surface area contributed by atoms with Crippen molar-refractivity contribution in [1.29, 1.82) is 0 Å². The number of esters is 1. The molecule has 0 bridgehead atoms. The minimum absolute atomic E-state index is 0.0522. The summed E-state index contributed by atoms with van der Waals surface area (Å²) in [6, 6.07) is 5.07. The average molecular weight is 218 g/mol. The monoisotopic (exact) mass is 218 g/mol. The predicted molar refractivity (Wildman–Crippen MR) is 56.5 cm³/mol. The first kappa shape index (κ1) is 10.4. The van der Waals surface area contributed by atoms with Crippen LogP contribution in [0.2, 0.25) is 0 Å². The molecule has 0 aliphatic carbocycles. The molecule has 0 N–H and O–H groups in total. The van der Waals surface area contributed by atoms with Crippen molar-refractivity contribution in [3.8, 4) is 23.8 Å². The van der Waals surface area contributed by atoms with Crippen LogP contribution in [0.15, 0.2) is 18.2 Å². The van der Waals surface area contributed by atoms with Crippen LogP contribution < -0.4 is 9.47 Å². The van der Waals surface area contributed by atoms with E-state index in [9.17, 15) is 4.79 Å². The van der Waals surface area contributed by atoms with Gasteiger partial charge in [0.25, 0.3) is 0 Å². The van der Waals surface area contributed by atoms with Crippen molar-refractivity contribution in [2.45, 2.75) is 0 Å². The second kappa shape index (κ2) is 4.58. The minimum Gasteiger partial charge on any atom is -0.486 e. The first-order valence-corrected chi connectivity index (χ1v) is 4.82. The number of ether oxygens (including phenoxy) is 3. The van der Waals surface area contributed by atoms with Gasteiger partial charge in [-0.1, -0.05) is 12.0 Å². The van der Waals surface area contributed by atoms with E-state index in [1.165, 1.54) is 0 Å². The molecule has 0 fully saturated rings. The fourth-order valence-corrected chi connectivity index (χ4v) is 1.42. The molecule has 4 nitrogen and oxygen atoms in total. The SMILES string of the molecule is C#CCOC(=O)c1cccc2c1OCCO2. The van der Waals surface area contributed by atoms with Crippen LogP contribution >= 0.6 is 0 Å². The van der Waals surface area contributed by atoms with Gasteiger partial charge in [0.1, 0.15) is 18.8 Å². The van der Waals surface area contributed by atoms with Crippen LogP contribution in [0.25, 0.3) is 0 Å². The second-order valence-corrected chi connectivity index (χ2v) is 3.11. The molecular weight excluding hydrogens is 208 g/mol. The number of rotatable bonds is 2. The van der Waals surface area contributed by atoms with Crippen molar-refractivity contribution in [3.05, 3.63) is 23.8 Å². The summed E-state index contributed by atoms with van der Waals surface area (Å²) in [6.07, 6.45) is 5.01. The maximum atomic E-state index is 11.6. The molecular formula is C12H10O4. The summed E-state index contributed by atoms with van der Waals surface area (Å²) in [4.78, 5) is 11.6. The van der Waals surface area contributed by atoms with E-state index in [0.29, 0.717) is 30.3 Å². The number of hydrogen-bond donors (Lipinski definition) is 0. The first-order chi connectivity index (χ1) is 7.83. The van der Waals surface area contributed by atoms with Crippen LogP contribution in [0.4, 0.5) is 0 Å². The summed E-state index contributed by atoms with van der Waals surface area (Å²) in [6.45, 7) is 0.853. The lowest BCUT2D eigenvalue weighted by molar-refractivity contribution is 0.0546. The minimum atomic E-state index is -0.500. The van der Waals surface area contributed by atoms with E-state index in [1.54, 1.807) is 18.2 Å². The third-order valence-corrected chi connectivity index (χ3v) is 2.07. The summed E-state index contributed by atoms with van der Waals surface area (Å²) in [7, 11) is 0. The summed E-state index contributed by atoms with van der Waals surface area (Å²) < 4.78 is 15.6. The van der Waals surface area contributed by atoms with Crippen molar-refractivity contribution in [2.75, 3.05) is 19.8 Å². The Morgan fingerprint density at radius 1 is 1.44 bits per heavy atom. The van der Waals surface area contributed by atoms with Crippen molar-refractivity contribution in [1.82, 2.24) is 0 Å². The molecule has 1 aromatic rings. The van der Waals surface area contributed by atoms with Crippen LogP contribution in [-0.2, 0) is 4.74 Å². The lowest BCUT2D eigenvalue weighted by atomic mass is 10.2. The molecule has 1 aliphatic heterocycles. The summed E-state index contributed by atoms with van der Waals surface area (Å²) >= 11 is 0. The third kappa shape index (κ3) is 1.94. The Labute approximate surface area is 93.1 Å². The summed E-state index contributed by atoms with van der Waals surface area (Å²) in [5.41, 5.74) is 0.340. The maximum Gasteiger partial charge on any atom is 0.343 e. The van der Waals surface area contributed by atoms with Gasteiger partial charge in [0.15, 0.2) is 18.1 Å². The smallest absolute Gasteiger partial charge is 0.343 e. The molecule has 1 aliphatic rings. The predicted octanol–water partition coefficient (Wildman–Crippen LogP) is 1.25. The van der Waals surface area contributed by atoms with Crippen molar-refractivity contribution >= 4 is 5.97 Å². The highest BCUT2D eigenvalue weighted by Crippen LogP contribution is 2.33. The quantitative estimate of drug-likeness (QED) is 0.553. The molecule has 0 atom stereocenters. The van der Waals surface area contributed by atoms with Crippen molar-refractivity contribution < 1.29 is 19.0 Å². The van der Waals surface area contributed by atoms with Gasteiger partial charge in [-0.2, -0.15) is 0 Å². The second-order valence-electron chi connectivity index (χ2n) is 3.11. The molecule has 0 radical (unpaired) electrons. The van der Waals surface area contributed by atoms with Crippen molar-refractivity contribution in [3.63, 3.8) is 0 Å². The Kier molecular flexibility index (Phi) is 2.97. The zero-order valence-electron chi connectivity index (χ0n) is 8.56. The van der Waals surface area contributed by atoms with Gasteiger partial charge in [-0.3, -0.25) is 0 Å². The van der Waals surface area contributed by atoms with Crippen LogP contribution in [0, 0.1) is 12.3 Å². The normalized spacial score (nSPS) is 12.7. The van der Waals surface area contributed by atoms with Gasteiger partial charge in [-0.25, -0.2) is 4.79 Å². The molecule has 2 rings (SSSR count). The average Bonchev–Trinajstić information content (AvgIpc) is 2.35. The first-order valence-electron chi connectivity index (χ1n) is 4.82. The van der Waals surface area contributed by atoms with Crippen molar-refractivity contribution in [2.24, 2.45) is 0 Å². The highest BCUT2D eigenvalue weighted by Gasteiger charge is 2.20. The van der Waals surface area contributed by atoms with Gasteiger partial charge in [0.2, 0.25) is 0 Å². The molecule has 0 unspecified atom stereocenters. The third-order valence-electron chi connectivity index (χ3n) is 2.07. The molecule has 0 spiro atoms. The Balaban J connectivity index is 2.27. The van der Waals surface area contributed by atoms with Gasteiger partial charge in [0, 0.05) is 0 Å². The van der Waals surface area contributed by atoms with E-state index < -0.39 is 5.97 Å². The van der Waals surface area contributed by atoms with Crippen LogP contribution in [0.1, 0.15) is 10.4 Å². The Hall–Kier alpha value is -2.15. The molecule has 4 heteroatoms. The number of carbonyl (C=O) groups is 1. The fraction of sp³-hybridized carbons (Fsp3) is 0.250. The van der Waals surface area contributed by atoms with E-state index in [-0.39, 0.29) is 6.61 Å². The number of carbonyl (C=O) groups excluding carboxylic acids is 1. The molecule has 0 saturated heterocycles. The zero-order valence-corrected chi connectivity index (χ0v) is 8.56. The van der Waals surface area contributed by atoms with E-state index in [2.05, 4.69) is 5.92 Å². The molecule has 1 aromatic carbocycles. The van der Waals surface area contributed by atoms with Gasteiger partial charge in [0.05, 0.1) is 0 Å². The summed E-state index contributed by atoms with van der Waals surface area (Å²) in [5.74, 6) is 2.72. The largest absolute Gasteiger partial charge is 0.486 e. The van der Waals surface area contributed by atoms with Gasteiger partial charge >= 0.3 is 5.97 Å². The number of fused-ring (bicyclic) bond motifs is 1. The highest BCUT2D eigenvalue weighted by molar-refractivity contribution is 5.93. The van der Waals surface area contributed by atoms with E-state index in [0.717, 1.165) is 0 Å². The molecule has 82 valence electrons. The fourth-order valence-electron chi connectivity index (χ4n) is 1.42. The van der Waals surface area contributed by atoms with E-state index in [1.807, 2.05) is 0 Å². The standard InChI is InChI=1S/C12H10O4/c1-2-6-16-12(13)9-4-3-5-10-11(9)15-8-7-14-10/h1,3-5H,6-8H2. The molecule has 0 amide bonds. The van der Waals surface area contributed by atoms with E-state index in [4.69, 9.17) is 20.6 Å². The Morgan fingerprint density at radius 2 is 2.25 bits per heavy atom. The number of terminal acetylenes is 1. The van der Waals surface area contributed by atoms with Crippen LogP contribution in [0.5, 0.6) is 11.5 Å². The molecule has 1 heterocycles. The highest BCUT2D eigenvalue weighted by atomic mass is 16.6. The lowest BCUT2D eigenvalue weighted by Gasteiger charge is -2.19. The molecule has 16 heavy (non-hydrogen) atoms. The van der Waals surface area contributed by atoms with Gasteiger partial charge < -0.3 is 14.2 Å². The van der Waals surface area contributed by atoms with Gasteiger partial charge in [-0.05, 0) is 12.1 Å². The zero-order chi connectivity index (χ0) is 11.4. The number of para-hydroxylation sites is 1.